The van der Waals surface area contributed by atoms with Gasteiger partial charge < -0.3 is 32.4 Å². The first-order valence-electron chi connectivity index (χ1n) is 11.0. The van der Waals surface area contributed by atoms with Gasteiger partial charge in [0.15, 0.2) is 0 Å². The summed E-state index contributed by atoms with van der Waals surface area (Å²) < 4.78 is 42.2. The molecule has 0 spiro atoms. The van der Waals surface area contributed by atoms with E-state index in [0.29, 0.717) is 48.6 Å². The van der Waals surface area contributed by atoms with Gasteiger partial charge in [-0.3, -0.25) is 29.3 Å². The maximum Gasteiger partial charge on any atom is 0.394 e. The predicted molar refractivity (Wildman–Crippen MR) is 145 cm³/mol. The quantitative estimate of drug-likeness (QED) is 0.0893. The number of hydrogen-bond donors (Lipinski definition) is 6. The van der Waals surface area contributed by atoms with Crippen LogP contribution in [0.1, 0.15) is 24.0 Å². The van der Waals surface area contributed by atoms with Gasteiger partial charge in [0.05, 0.1) is 34.5 Å². The van der Waals surface area contributed by atoms with Crippen LogP contribution in [0.25, 0.3) is 0 Å². The van der Waals surface area contributed by atoms with E-state index in [2.05, 4.69) is 20.4 Å². The molecule has 2 aromatic rings. The monoisotopic (exact) mass is 596 g/mol. The van der Waals surface area contributed by atoms with Gasteiger partial charge >= 0.3 is 21.8 Å². The minimum Gasteiger partial charge on any atom is -0.486 e. The van der Waals surface area contributed by atoms with Crippen LogP contribution in [0.2, 0.25) is 0 Å². The lowest BCUT2D eigenvalue weighted by Crippen LogP contribution is -2.23. The van der Waals surface area contributed by atoms with Crippen molar-refractivity contribution in [2.24, 2.45) is 43.3 Å². The van der Waals surface area contributed by atoms with Crippen molar-refractivity contribution in [3.05, 3.63) is 67.8 Å². The molecule has 0 radical (unpaired) electrons. The normalized spacial score (nSPS) is 15.2. The Hall–Kier alpha value is -5.41. The van der Waals surface area contributed by atoms with Crippen molar-refractivity contribution >= 4 is 45.1 Å². The maximum atomic E-state index is 10.9. The first kappa shape index (κ1) is 31.8. The van der Waals surface area contributed by atoms with Gasteiger partial charge in [0, 0.05) is 36.1 Å². The predicted octanol–water partition coefficient (Wildman–Crippen LogP) is 0.0568. The lowest BCUT2D eigenvalue weighted by atomic mass is 10.0. The molecule has 2 aliphatic rings. The Labute approximate surface area is 230 Å². The molecule has 2 aliphatic heterocycles. The third kappa shape index (κ3) is 10.0. The minimum absolute atomic E-state index is 0.0930. The summed E-state index contributed by atoms with van der Waals surface area (Å²) in [5, 5.41) is 36.6. The number of nitro groups is 2. The molecule has 0 saturated carbocycles. The van der Waals surface area contributed by atoms with Crippen molar-refractivity contribution in [2.75, 3.05) is 13.2 Å². The Morgan fingerprint density at radius 3 is 1.39 bits per heavy atom. The highest BCUT2D eigenvalue weighted by molar-refractivity contribution is 7.79. The molecule has 10 N–H and O–H groups in total. The van der Waals surface area contributed by atoms with E-state index in [1.54, 1.807) is 24.3 Å². The zero-order valence-corrected chi connectivity index (χ0v) is 21.7. The summed E-state index contributed by atoms with van der Waals surface area (Å²) in [5.41, 5.74) is 22.8. The Kier molecular flexibility index (Phi) is 10.9. The van der Waals surface area contributed by atoms with E-state index in [-0.39, 0.29) is 34.8 Å². The third-order valence-electron chi connectivity index (χ3n) is 4.75. The van der Waals surface area contributed by atoms with E-state index >= 15 is 0 Å². The smallest absolute Gasteiger partial charge is 0.394 e. The molecule has 220 valence electrons. The lowest BCUT2D eigenvalue weighted by molar-refractivity contribution is -0.386. The highest BCUT2D eigenvalue weighted by atomic mass is 32.3. The molecule has 0 saturated heterocycles. The van der Waals surface area contributed by atoms with Crippen LogP contribution in [0.5, 0.6) is 11.5 Å². The summed E-state index contributed by atoms with van der Waals surface area (Å²) >= 11 is 0. The molecular weight excluding hydrogens is 572 g/mol. The van der Waals surface area contributed by atoms with Gasteiger partial charge in [-0.2, -0.15) is 18.6 Å². The van der Waals surface area contributed by atoms with Crippen LogP contribution >= 0.6 is 0 Å². The molecule has 0 fully saturated rings. The summed E-state index contributed by atoms with van der Waals surface area (Å²) in [5.74, 6) is 0.0820. The van der Waals surface area contributed by atoms with Crippen molar-refractivity contribution in [3.63, 3.8) is 0 Å². The van der Waals surface area contributed by atoms with Gasteiger partial charge in [-0.1, -0.05) is 12.1 Å². The second-order valence-electron chi connectivity index (χ2n) is 7.61. The first-order valence-corrected chi connectivity index (χ1v) is 12.4. The van der Waals surface area contributed by atoms with Crippen molar-refractivity contribution in [3.8, 4) is 11.5 Å². The van der Waals surface area contributed by atoms with E-state index in [9.17, 15) is 20.2 Å². The lowest BCUT2D eigenvalue weighted by Gasteiger charge is -2.17. The molecule has 0 aromatic heterocycles. The summed E-state index contributed by atoms with van der Waals surface area (Å²) in [4.78, 5) is 20.7. The molecule has 20 nitrogen and oxygen atoms in total. The number of rotatable bonds is 4. The summed E-state index contributed by atoms with van der Waals surface area (Å²) in [6.07, 6.45) is 0.982. The molecule has 0 bridgehead atoms. The van der Waals surface area contributed by atoms with E-state index in [0.717, 1.165) is 0 Å². The SMILES string of the molecule is NC(N)=N/N=C1\CCOc2c1cccc2[N+](=O)[O-].NC(N)=N/N=C1\CCOc2c1cccc2[N+](=O)[O-].O=S(=O)(O)O. The number of nitrogens with two attached hydrogens (primary N) is 4. The fraction of sp³-hybridized carbons (Fsp3) is 0.200. The minimum atomic E-state index is -4.67. The van der Waals surface area contributed by atoms with Gasteiger partial charge in [-0.05, 0) is 12.1 Å². The highest BCUT2D eigenvalue weighted by Gasteiger charge is 2.26. The number of ether oxygens (including phenoxy) is 2. The number of para-hydroxylation sites is 2. The maximum absolute atomic E-state index is 10.9. The fourth-order valence-corrected chi connectivity index (χ4v) is 3.31. The molecule has 0 atom stereocenters. The average Bonchev–Trinajstić information content (AvgIpc) is 2.89. The number of guanidine groups is 2. The third-order valence-corrected chi connectivity index (χ3v) is 4.75. The number of nitrogens with zero attached hydrogens (tertiary/aromatic N) is 6. The van der Waals surface area contributed by atoms with Crippen LogP contribution in [-0.4, -0.2) is 63.9 Å². The van der Waals surface area contributed by atoms with Crippen LogP contribution in [0, 0.1) is 20.2 Å². The summed E-state index contributed by atoms with van der Waals surface area (Å²) in [6, 6.07) is 9.25. The molecule has 41 heavy (non-hydrogen) atoms. The van der Waals surface area contributed by atoms with Gasteiger partial charge in [0.1, 0.15) is 0 Å². The van der Waals surface area contributed by atoms with Crippen LogP contribution < -0.4 is 32.4 Å². The number of benzene rings is 2. The van der Waals surface area contributed by atoms with E-state index in [1.165, 1.54) is 12.1 Å². The highest BCUT2D eigenvalue weighted by Crippen LogP contribution is 2.35. The Balaban J connectivity index is 0.000000247. The van der Waals surface area contributed by atoms with E-state index in [1.807, 2.05) is 0 Å². The van der Waals surface area contributed by atoms with Gasteiger partial charge in [0.25, 0.3) is 0 Å². The number of hydrogen-bond acceptors (Lipinski definition) is 12. The van der Waals surface area contributed by atoms with Crippen molar-refractivity contribution in [1.29, 1.82) is 0 Å². The molecular formula is C20H24N10O10S. The largest absolute Gasteiger partial charge is 0.486 e. The van der Waals surface area contributed by atoms with Crippen molar-refractivity contribution in [1.82, 2.24) is 0 Å². The van der Waals surface area contributed by atoms with Crippen LogP contribution in [0.4, 0.5) is 11.4 Å². The molecule has 4 rings (SSSR count). The Morgan fingerprint density at radius 2 is 1.10 bits per heavy atom. The Morgan fingerprint density at radius 1 is 0.756 bits per heavy atom. The average molecular weight is 597 g/mol. The zero-order chi connectivity index (χ0) is 30.7. The van der Waals surface area contributed by atoms with E-state index < -0.39 is 20.2 Å². The standard InChI is InChI=1S/2C10H11N5O3.H2O4S/c2*11-10(12)14-13-7-4-5-18-9-6(7)2-1-3-8(9)15(16)17;1-5(2,3)4/h2*1-3H,4-5H2,(H4,11,12,14);(H2,1,2,3,4)/b2*13-7+;. The van der Waals surface area contributed by atoms with Crippen LogP contribution in [0.3, 0.4) is 0 Å². The van der Waals surface area contributed by atoms with Gasteiger partial charge in [0.2, 0.25) is 23.4 Å². The van der Waals surface area contributed by atoms with E-state index in [4.69, 9.17) is 49.9 Å². The number of fused-ring (bicyclic) bond motifs is 2. The van der Waals surface area contributed by atoms with Crippen molar-refractivity contribution in [2.45, 2.75) is 12.8 Å². The topological polar surface area (TPSA) is 333 Å². The molecule has 0 amide bonds. The summed E-state index contributed by atoms with van der Waals surface area (Å²) in [7, 11) is -4.67. The van der Waals surface area contributed by atoms with Crippen molar-refractivity contribution < 1.29 is 36.8 Å². The molecule has 2 heterocycles. The molecule has 2 aromatic carbocycles. The molecule has 0 aliphatic carbocycles. The second-order valence-corrected chi connectivity index (χ2v) is 8.51. The molecule has 0 unspecified atom stereocenters. The van der Waals surface area contributed by atoms with Gasteiger partial charge in [-0.25, -0.2) is 0 Å². The number of nitro benzene ring substituents is 2. The second kappa shape index (κ2) is 14.1. The zero-order valence-electron chi connectivity index (χ0n) is 20.9. The molecule has 21 heteroatoms. The first-order chi connectivity index (χ1) is 19.2. The van der Waals surface area contributed by atoms with Gasteiger partial charge in [-0.15, -0.1) is 10.2 Å². The fourth-order valence-electron chi connectivity index (χ4n) is 3.31. The van der Waals surface area contributed by atoms with Crippen LogP contribution in [-0.2, 0) is 10.4 Å². The summed E-state index contributed by atoms with van der Waals surface area (Å²) in [6.45, 7) is 0.605. The van der Waals surface area contributed by atoms with Crippen LogP contribution in [0.15, 0.2) is 56.8 Å². The Bertz CT molecular complexity index is 1420.